The van der Waals surface area contributed by atoms with Crippen LogP contribution in [0.4, 0.5) is 0 Å². The predicted molar refractivity (Wildman–Crippen MR) is 91.2 cm³/mol. The van der Waals surface area contributed by atoms with Gasteiger partial charge in [0, 0.05) is 23.8 Å². The van der Waals surface area contributed by atoms with Gasteiger partial charge in [0.05, 0.1) is 24.7 Å². The molecule has 0 atom stereocenters. The van der Waals surface area contributed by atoms with Gasteiger partial charge in [-0.15, -0.1) is 0 Å². The van der Waals surface area contributed by atoms with Crippen molar-refractivity contribution >= 4 is 23.5 Å². The Morgan fingerprint density at radius 3 is 2.67 bits per heavy atom. The van der Waals surface area contributed by atoms with E-state index in [2.05, 4.69) is 5.10 Å². The summed E-state index contributed by atoms with van der Waals surface area (Å²) in [5, 5.41) is 13.7. The minimum atomic E-state index is -0.928. The van der Waals surface area contributed by atoms with Gasteiger partial charge in [-0.2, -0.15) is 5.10 Å². The summed E-state index contributed by atoms with van der Waals surface area (Å²) in [7, 11) is 0. The zero-order chi connectivity index (χ0) is 17.7. The van der Waals surface area contributed by atoms with Gasteiger partial charge < -0.3 is 10.0 Å². The summed E-state index contributed by atoms with van der Waals surface area (Å²) >= 11 is 6.13. The lowest BCUT2D eigenvalue weighted by Gasteiger charge is -2.25. The number of aromatic nitrogens is 2. The summed E-state index contributed by atoms with van der Waals surface area (Å²) < 4.78 is 1.64. The molecule has 0 fully saturated rings. The molecule has 2 aromatic rings. The molecule has 1 aromatic heterocycles. The maximum absolute atomic E-state index is 12.6. The highest BCUT2D eigenvalue weighted by Gasteiger charge is 2.21. The van der Waals surface area contributed by atoms with Crippen LogP contribution in [0.1, 0.15) is 36.2 Å². The first-order valence-electron chi connectivity index (χ1n) is 7.67. The van der Waals surface area contributed by atoms with Crippen molar-refractivity contribution in [2.45, 2.75) is 32.9 Å². The first-order chi connectivity index (χ1) is 11.4. The minimum Gasteiger partial charge on any atom is -0.481 e. The standard InChI is InChI=1S/C17H20ClN3O3/c1-12(2)21(8-7-16(22)23)17(24)14-9-19-20(11-14)10-13-5-3-4-6-15(13)18/h3-6,9,11-12H,7-8,10H2,1-2H3,(H,22,23). The number of carboxylic acids is 1. The Morgan fingerprint density at radius 2 is 2.04 bits per heavy atom. The minimum absolute atomic E-state index is 0.0856. The second-order valence-electron chi connectivity index (χ2n) is 5.75. The number of hydrogen-bond donors (Lipinski definition) is 1. The van der Waals surface area contributed by atoms with Crippen molar-refractivity contribution in [2.75, 3.05) is 6.54 Å². The van der Waals surface area contributed by atoms with Gasteiger partial charge in [0.15, 0.2) is 0 Å². The molecule has 0 aliphatic carbocycles. The Bertz CT molecular complexity index is 727. The van der Waals surface area contributed by atoms with Gasteiger partial charge in [-0.25, -0.2) is 0 Å². The number of benzene rings is 1. The number of amides is 1. The van der Waals surface area contributed by atoms with Crippen LogP contribution in [-0.2, 0) is 11.3 Å². The van der Waals surface area contributed by atoms with Gasteiger partial charge >= 0.3 is 5.97 Å². The smallest absolute Gasteiger partial charge is 0.305 e. The fraction of sp³-hybridized carbons (Fsp3) is 0.353. The average Bonchev–Trinajstić information content (AvgIpc) is 2.97. The predicted octanol–water partition coefficient (Wildman–Crippen LogP) is 2.91. The van der Waals surface area contributed by atoms with Gasteiger partial charge in [-0.05, 0) is 25.5 Å². The molecule has 0 radical (unpaired) electrons. The van der Waals surface area contributed by atoms with E-state index in [4.69, 9.17) is 16.7 Å². The highest BCUT2D eigenvalue weighted by atomic mass is 35.5. The van der Waals surface area contributed by atoms with E-state index in [1.54, 1.807) is 16.9 Å². The molecular formula is C17H20ClN3O3. The Labute approximate surface area is 145 Å². The van der Waals surface area contributed by atoms with Crippen molar-refractivity contribution in [3.63, 3.8) is 0 Å². The monoisotopic (exact) mass is 349 g/mol. The summed E-state index contributed by atoms with van der Waals surface area (Å²) in [6, 6.07) is 7.36. The Balaban J connectivity index is 2.11. The summed E-state index contributed by atoms with van der Waals surface area (Å²) in [6.07, 6.45) is 3.06. The molecule has 1 amide bonds. The van der Waals surface area contributed by atoms with Crippen LogP contribution in [0.3, 0.4) is 0 Å². The topological polar surface area (TPSA) is 75.4 Å². The zero-order valence-electron chi connectivity index (χ0n) is 13.6. The number of carbonyl (C=O) groups is 2. The molecule has 0 aliphatic rings. The van der Waals surface area contributed by atoms with Crippen LogP contribution in [0, 0.1) is 0 Å². The van der Waals surface area contributed by atoms with Gasteiger partial charge in [-0.1, -0.05) is 29.8 Å². The Kier molecular flexibility index (Phi) is 5.98. The maximum Gasteiger partial charge on any atom is 0.305 e. The van der Waals surface area contributed by atoms with Crippen LogP contribution in [0.2, 0.25) is 5.02 Å². The fourth-order valence-corrected chi connectivity index (χ4v) is 2.53. The van der Waals surface area contributed by atoms with E-state index in [1.165, 1.54) is 11.1 Å². The molecule has 1 N–H and O–H groups in total. The van der Waals surface area contributed by atoms with Crippen LogP contribution < -0.4 is 0 Å². The second-order valence-corrected chi connectivity index (χ2v) is 6.16. The van der Waals surface area contributed by atoms with E-state index >= 15 is 0 Å². The molecular weight excluding hydrogens is 330 g/mol. The molecule has 0 saturated heterocycles. The van der Waals surface area contributed by atoms with Crippen molar-refractivity contribution in [1.82, 2.24) is 14.7 Å². The largest absolute Gasteiger partial charge is 0.481 e. The highest BCUT2D eigenvalue weighted by molar-refractivity contribution is 6.31. The molecule has 24 heavy (non-hydrogen) atoms. The number of hydrogen-bond acceptors (Lipinski definition) is 3. The molecule has 1 aromatic carbocycles. The van der Waals surface area contributed by atoms with E-state index in [0.717, 1.165) is 5.56 Å². The van der Waals surface area contributed by atoms with E-state index in [0.29, 0.717) is 17.1 Å². The number of nitrogens with zero attached hydrogens (tertiary/aromatic N) is 3. The molecule has 0 saturated carbocycles. The van der Waals surface area contributed by atoms with Gasteiger partial charge in [-0.3, -0.25) is 14.3 Å². The number of aliphatic carboxylic acids is 1. The first-order valence-corrected chi connectivity index (χ1v) is 8.05. The second kappa shape index (κ2) is 7.97. The van der Waals surface area contributed by atoms with Crippen LogP contribution in [0.25, 0.3) is 0 Å². The van der Waals surface area contributed by atoms with Crippen molar-refractivity contribution in [3.8, 4) is 0 Å². The summed E-state index contributed by atoms with van der Waals surface area (Å²) in [5.41, 5.74) is 1.34. The molecule has 0 bridgehead atoms. The lowest BCUT2D eigenvalue weighted by atomic mass is 10.2. The molecule has 0 spiro atoms. The first kappa shape index (κ1) is 18.0. The van der Waals surface area contributed by atoms with Crippen molar-refractivity contribution in [2.24, 2.45) is 0 Å². The Hall–Kier alpha value is -2.34. The molecule has 7 heteroatoms. The average molecular weight is 350 g/mol. The lowest BCUT2D eigenvalue weighted by Crippen LogP contribution is -2.38. The lowest BCUT2D eigenvalue weighted by molar-refractivity contribution is -0.137. The number of carbonyl (C=O) groups excluding carboxylic acids is 1. The van der Waals surface area contributed by atoms with Gasteiger partial charge in [0.1, 0.15) is 0 Å². The van der Waals surface area contributed by atoms with E-state index in [9.17, 15) is 9.59 Å². The zero-order valence-corrected chi connectivity index (χ0v) is 14.4. The number of carboxylic acid groups (broad SMARTS) is 1. The normalized spacial score (nSPS) is 10.8. The fourth-order valence-electron chi connectivity index (χ4n) is 2.34. The highest BCUT2D eigenvalue weighted by Crippen LogP contribution is 2.16. The Morgan fingerprint density at radius 1 is 1.33 bits per heavy atom. The maximum atomic E-state index is 12.6. The van der Waals surface area contributed by atoms with Crippen LogP contribution in [0.5, 0.6) is 0 Å². The summed E-state index contributed by atoms with van der Waals surface area (Å²) in [4.78, 5) is 24.9. The van der Waals surface area contributed by atoms with Crippen molar-refractivity contribution in [3.05, 3.63) is 52.8 Å². The quantitative estimate of drug-likeness (QED) is 0.834. The van der Waals surface area contributed by atoms with Crippen LogP contribution in [-0.4, -0.2) is 44.3 Å². The molecule has 0 unspecified atom stereocenters. The third kappa shape index (κ3) is 4.58. The van der Waals surface area contributed by atoms with E-state index in [1.807, 2.05) is 32.0 Å². The molecule has 1 heterocycles. The van der Waals surface area contributed by atoms with E-state index in [-0.39, 0.29) is 24.9 Å². The van der Waals surface area contributed by atoms with Crippen LogP contribution >= 0.6 is 11.6 Å². The van der Waals surface area contributed by atoms with E-state index < -0.39 is 5.97 Å². The third-order valence-corrected chi connectivity index (χ3v) is 3.99. The summed E-state index contributed by atoms with van der Waals surface area (Å²) in [5.74, 6) is -1.15. The molecule has 128 valence electrons. The van der Waals surface area contributed by atoms with Crippen LogP contribution in [0.15, 0.2) is 36.7 Å². The molecule has 6 nitrogen and oxygen atoms in total. The van der Waals surface area contributed by atoms with Gasteiger partial charge in [0.25, 0.3) is 5.91 Å². The van der Waals surface area contributed by atoms with Gasteiger partial charge in [0.2, 0.25) is 0 Å². The third-order valence-electron chi connectivity index (χ3n) is 3.62. The molecule has 2 rings (SSSR count). The number of halogens is 1. The van der Waals surface area contributed by atoms with Crippen molar-refractivity contribution in [1.29, 1.82) is 0 Å². The van der Waals surface area contributed by atoms with Crippen molar-refractivity contribution < 1.29 is 14.7 Å². The number of rotatable bonds is 7. The SMILES string of the molecule is CC(C)N(CCC(=O)O)C(=O)c1cnn(Cc2ccccc2Cl)c1. The summed E-state index contributed by atoms with van der Waals surface area (Å²) in [6.45, 7) is 4.34. The molecule has 0 aliphatic heterocycles.